The van der Waals surface area contributed by atoms with Gasteiger partial charge in [-0.2, -0.15) is 0 Å². The first-order chi connectivity index (χ1) is 14.0. The van der Waals surface area contributed by atoms with Crippen LogP contribution < -0.4 is 10.2 Å². The maximum absolute atomic E-state index is 11.8. The molecule has 1 fully saturated rings. The highest BCUT2D eigenvalue weighted by molar-refractivity contribution is 5.67. The molecular weight excluding hydrogens is 370 g/mol. The van der Waals surface area contributed by atoms with Crippen molar-refractivity contribution in [2.45, 2.75) is 25.5 Å². The van der Waals surface area contributed by atoms with Crippen molar-refractivity contribution in [1.29, 1.82) is 0 Å². The highest BCUT2D eigenvalue weighted by Crippen LogP contribution is 2.23. The van der Waals surface area contributed by atoms with Crippen LogP contribution in [0, 0.1) is 0 Å². The van der Waals surface area contributed by atoms with Gasteiger partial charge in [-0.1, -0.05) is 42.5 Å². The number of hydrogen-bond donors (Lipinski definition) is 2. The minimum absolute atomic E-state index is 0.0262. The molecular formula is C22H27N3O4. The third kappa shape index (κ3) is 5.88. The minimum atomic E-state index is -0.887. The maximum Gasteiger partial charge on any atom is 0.407 e. The number of alkyl carbamates (subject to hydrolysis) is 1. The molecule has 1 heterocycles. The van der Waals surface area contributed by atoms with Crippen LogP contribution in [0.1, 0.15) is 17.5 Å². The van der Waals surface area contributed by atoms with Gasteiger partial charge in [-0.25, -0.2) is 9.59 Å². The third-order valence-electron chi connectivity index (χ3n) is 5.21. The molecule has 0 aromatic heterocycles. The molecule has 0 spiro atoms. The van der Waals surface area contributed by atoms with E-state index in [0.29, 0.717) is 19.5 Å². The van der Waals surface area contributed by atoms with Crippen LogP contribution in [0.3, 0.4) is 0 Å². The Balaban J connectivity index is 1.39. The molecule has 0 bridgehead atoms. The number of nitrogens with zero attached hydrogens (tertiary/aromatic N) is 2. The summed E-state index contributed by atoms with van der Waals surface area (Å²) < 4.78 is 5.20. The van der Waals surface area contributed by atoms with Gasteiger partial charge < -0.3 is 25.0 Å². The lowest BCUT2D eigenvalue weighted by Crippen LogP contribution is -2.38. The molecule has 0 radical (unpaired) electrons. The van der Waals surface area contributed by atoms with E-state index in [1.807, 2.05) is 54.6 Å². The number of ether oxygens (including phenoxy) is 1. The molecule has 2 amide bonds. The quantitative estimate of drug-likeness (QED) is 0.749. The smallest absolute Gasteiger partial charge is 0.407 e. The number of hydrogen-bond acceptors (Lipinski definition) is 4. The normalized spacial score (nSPS) is 15.8. The number of amides is 2. The number of carboxylic acid groups (broad SMARTS) is 1. The number of carbonyl (C=O) groups is 2. The molecule has 1 aliphatic heterocycles. The highest BCUT2D eigenvalue weighted by Gasteiger charge is 2.28. The fraction of sp³-hybridized carbons (Fsp3) is 0.364. The molecule has 7 nitrogen and oxygen atoms in total. The van der Waals surface area contributed by atoms with Crippen LogP contribution in [0.25, 0.3) is 0 Å². The van der Waals surface area contributed by atoms with E-state index in [1.54, 1.807) is 7.05 Å². The predicted octanol–water partition coefficient (Wildman–Crippen LogP) is 3.34. The number of anilines is 1. The Labute approximate surface area is 170 Å². The van der Waals surface area contributed by atoms with E-state index in [9.17, 15) is 9.59 Å². The second kappa shape index (κ2) is 9.82. The second-order valence-corrected chi connectivity index (χ2v) is 7.19. The average Bonchev–Trinajstić information content (AvgIpc) is 3.23. The molecule has 1 saturated heterocycles. The second-order valence-electron chi connectivity index (χ2n) is 7.19. The lowest BCUT2D eigenvalue weighted by atomic mass is 10.1. The summed E-state index contributed by atoms with van der Waals surface area (Å²) in [5.41, 5.74) is 3.16. The molecule has 3 rings (SSSR count). The first kappa shape index (κ1) is 20.5. The van der Waals surface area contributed by atoms with Gasteiger partial charge in [-0.15, -0.1) is 0 Å². The summed E-state index contributed by atoms with van der Waals surface area (Å²) in [4.78, 5) is 26.5. The van der Waals surface area contributed by atoms with E-state index < -0.39 is 12.2 Å². The van der Waals surface area contributed by atoms with Crippen LogP contribution in [0.4, 0.5) is 15.3 Å². The van der Waals surface area contributed by atoms with Gasteiger partial charge in [0.15, 0.2) is 0 Å². The van der Waals surface area contributed by atoms with Crippen LogP contribution in [0.15, 0.2) is 54.6 Å². The highest BCUT2D eigenvalue weighted by atomic mass is 16.5. The van der Waals surface area contributed by atoms with Gasteiger partial charge in [0.2, 0.25) is 0 Å². The van der Waals surface area contributed by atoms with Crippen molar-refractivity contribution >= 4 is 17.9 Å². The van der Waals surface area contributed by atoms with Crippen molar-refractivity contribution in [3.8, 4) is 0 Å². The molecule has 29 heavy (non-hydrogen) atoms. The Kier molecular flexibility index (Phi) is 6.94. The Morgan fingerprint density at radius 1 is 1.14 bits per heavy atom. The van der Waals surface area contributed by atoms with Crippen molar-refractivity contribution in [3.63, 3.8) is 0 Å². The number of rotatable bonds is 7. The fourth-order valence-electron chi connectivity index (χ4n) is 3.41. The zero-order valence-corrected chi connectivity index (χ0v) is 16.6. The zero-order chi connectivity index (χ0) is 20.6. The summed E-state index contributed by atoms with van der Waals surface area (Å²) in [6.07, 6.45) is 0.239. The first-order valence-electron chi connectivity index (χ1n) is 9.77. The van der Waals surface area contributed by atoms with Crippen molar-refractivity contribution in [1.82, 2.24) is 10.2 Å². The molecule has 1 unspecified atom stereocenters. The van der Waals surface area contributed by atoms with Gasteiger partial charge in [0.25, 0.3) is 0 Å². The summed E-state index contributed by atoms with van der Waals surface area (Å²) in [7, 11) is 1.62. The van der Waals surface area contributed by atoms with Gasteiger partial charge in [-0.05, 0) is 36.1 Å². The zero-order valence-electron chi connectivity index (χ0n) is 16.6. The number of benzene rings is 2. The van der Waals surface area contributed by atoms with Gasteiger partial charge in [-0.3, -0.25) is 0 Å². The summed E-state index contributed by atoms with van der Waals surface area (Å²) in [5.74, 6) is 0. The van der Waals surface area contributed by atoms with Crippen LogP contribution in [0.2, 0.25) is 0 Å². The topological polar surface area (TPSA) is 82.1 Å². The van der Waals surface area contributed by atoms with Crippen molar-refractivity contribution < 1.29 is 19.4 Å². The molecule has 154 valence electrons. The molecule has 0 saturated carbocycles. The Bertz CT molecular complexity index is 811. The average molecular weight is 397 g/mol. The van der Waals surface area contributed by atoms with Crippen molar-refractivity contribution in [3.05, 3.63) is 65.7 Å². The lowest BCUT2D eigenvalue weighted by molar-refractivity contribution is 0.139. The molecule has 2 aromatic rings. The van der Waals surface area contributed by atoms with Crippen LogP contribution >= 0.6 is 0 Å². The summed E-state index contributed by atoms with van der Waals surface area (Å²) >= 11 is 0. The van der Waals surface area contributed by atoms with Crippen LogP contribution in [0.5, 0.6) is 0 Å². The standard InChI is InChI=1S/C22H27N3O4/c1-24(22(27)28)20-12-14-25(15-20)19-9-7-17(8-10-19)11-13-23-21(26)29-16-18-5-3-2-4-6-18/h2-10,20H,11-16H2,1H3,(H,23,26)(H,27,28). The first-order valence-corrected chi connectivity index (χ1v) is 9.77. The largest absolute Gasteiger partial charge is 0.465 e. The molecule has 7 heteroatoms. The predicted molar refractivity (Wildman–Crippen MR) is 111 cm³/mol. The molecule has 1 atom stereocenters. The van der Waals surface area contributed by atoms with Crippen molar-refractivity contribution in [2.75, 3.05) is 31.6 Å². The number of likely N-dealkylation sites (N-methyl/N-ethyl adjacent to an activating group) is 1. The Morgan fingerprint density at radius 3 is 2.55 bits per heavy atom. The Morgan fingerprint density at radius 2 is 1.86 bits per heavy atom. The van der Waals surface area contributed by atoms with E-state index in [1.165, 1.54) is 4.90 Å². The van der Waals surface area contributed by atoms with E-state index in [4.69, 9.17) is 9.84 Å². The van der Waals surface area contributed by atoms with Gasteiger partial charge >= 0.3 is 12.2 Å². The summed E-state index contributed by atoms with van der Waals surface area (Å²) in [6, 6.07) is 17.8. The van der Waals surface area contributed by atoms with Crippen LogP contribution in [-0.4, -0.2) is 54.9 Å². The van der Waals surface area contributed by atoms with E-state index in [-0.39, 0.29) is 12.6 Å². The monoisotopic (exact) mass is 397 g/mol. The Hall–Kier alpha value is -3.22. The third-order valence-corrected chi connectivity index (χ3v) is 5.21. The SMILES string of the molecule is CN(C(=O)O)C1CCN(c2ccc(CCNC(=O)OCc3ccccc3)cc2)C1. The molecule has 2 aromatic carbocycles. The van der Waals surface area contributed by atoms with Crippen molar-refractivity contribution in [2.24, 2.45) is 0 Å². The molecule has 1 aliphatic rings. The van der Waals surface area contributed by atoms with E-state index >= 15 is 0 Å². The molecule has 2 N–H and O–H groups in total. The molecule has 0 aliphatic carbocycles. The van der Waals surface area contributed by atoms with E-state index in [2.05, 4.69) is 10.2 Å². The fourth-order valence-corrected chi connectivity index (χ4v) is 3.41. The van der Waals surface area contributed by atoms with Crippen LogP contribution in [-0.2, 0) is 17.8 Å². The minimum Gasteiger partial charge on any atom is -0.465 e. The van der Waals surface area contributed by atoms with Gasteiger partial charge in [0.1, 0.15) is 6.61 Å². The van der Waals surface area contributed by atoms with E-state index in [0.717, 1.165) is 29.8 Å². The summed E-state index contributed by atoms with van der Waals surface area (Å²) in [6.45, 7) is 2.31. The number of nitrogens with one attached hydrogen (secondary N) is 1. The summed E-state index contributed by atoms with van der Waals surface area (Å²) in [5, 5.41) is 11.9. The lowest BCUT2D eigenvalue weighted by Gasteiger charge is -2.23. The van der Waals surface area contributed by atoms with Gasteiger partial charge in [0, 0.05) is 32.4 Å². The number of carbonyl (C=O) groups excluding carboxylic acids is 1. The maximum atomic E-state index is 11.8. The van der Waals surface area contributed by atoms with Gasteiger partial charge in [0.05, 0.1) is 6.04 Å².